The lowest BCUT2D eigenvalue weighted by atomic mass is 9.92. The lowest BCUT2D eigenvalue weighted by molar-refractivity contribution is -0.127. The van der Waals surface area contributed by atoms with E-state index in [0.29, 0.717) is 12.0 Å². The van der Waals surface area contributed by atoms with Crippen LogP contribution in [0.2, 0.25) is 0 Å². The van der Waals surface area contributed by atoms with Crippen molar-refractivity contribution in [3.8, 4) is 11.1 Å². The van der Waals surface area contributed by atoms with Gasteiger partial charge in [-0.15, -0.1) is 0 Å². The van der Waals surface area contributed by atoms with Gasteiger partial charge in [0.25, 0.3) is 5.91 Å². The van der Waals surface area contributed by atoms with Crippen LogP contribution in [0.25, 0.3) is 11.1 Å². The lowest BCUT2D eigenvalue weighted by Gasteiger charge is -2.22. The predicted molar refractivity (Wildman–Crippen MR) is 108 cm³/mol. The molecule has 1 fully saturated rings. The van der Waals surface area contributed by atoms with E-state index in [4.69, 9.17) is 4.74 Å². The normalized spacial score (nSPS) is 19.3. The van der Waals surface area contributed by atoms with Gasteiger partial charge in [0.1, 0.15) is 0 Å². The van der Waals surface area contributed by atoms with Crippen molar-refractivity contribution in [3.05, 3.63) is 59.7 Å². The number of carbonyl (C=O) groups is 2. The smallest absolute Gasteiger partial charge is 0.252 e. The van der Waals surface area contributed by atoms with Crippen molar-refractivity contribution in [2.24, 2.45) is 5.92 Å². The van der Waals surface area contributed by atoms with Crippen molar-refractivity contribution < 1.29 is 19.4 Å². The average molecular weight is 381 g/mol. The Morgan fingerprint density at radius 1 is 1.14 bits per heavy atom. The van der Waals surface area contributed by atoms with Crippen LogP contribution in [0.5, 0.6) is 0 Å². The summed E-state index contributed by atoms with van der Waals surface area (Å²) in [7, 11) is 0. The summed E-state index contributed by atoms with van der Waals surface area (Å²) in [6, 6.07) is 14.9. The van der Waals surface area contributed by atoms with Crippen molar-refractivity contribution in [2.75, 3.05) is 13.2 Å². The zero-order valence-corrected chi connectivity index (χ0v) is 16.6. The summed E-state index contributed by atoms with van der Waals surface area (Å²) in [6.45, 7) is 5.70. The number of aliphatic hydroxyl groups is 1. The molecule has 148 valence electrons. The maximum atomic E-state index is 13.0. The summed E-state index contributed by atoms with van der Waals surface area (Å²) >= 11 is 0. The molecule has 3 rings (SSSR count). The Morgan fingerprint density at radius 2 is 1.82 bits per heavy atom. The molecule has 2 atom stereocenters. The third-order valence-corrected chi connectivity index (χ3v) is 5.12. The number of hydrogen-bond donors (Lipinski definition) is 2. The fraction of sp³-hybridized carbons (Fsp3) is 0.391. The average Bonchev–Trinajstić information content (AvgIpc) is 3.49. The van der Waals surface area contributed by atoms with Crippen molar-refractivity contribution in [1.82, 2.24) is 5.32 Å². The minimum Gasteiger partial charge on any atom is -0.393 e. The maximum Gasteiger partial charge on any atom is 0.252 e. The number of hydrogen-bond acceptors (Lipinski definition) is 4. The van der Waals surface area contributed by atoms with Gasteiger partial charge in [0.2, 0.25) is 0 Å². The van der Waals surface area contributed by atoms with E-state index in [1.54, 1.807) is 0 Å². The van der Waals surface area contributed by atoms with Crippen LogP contribution < -0.4 is 5.32 Å². The van der Waals surface area contributed by atoms with Crippen LogP contribution in [0.3, 0.4) is 0 Å². The van der Waals surface area contributed by atoms with E-state index < -0.39 is 11.6 Å². The molecule has 0 aliphatic carbocycles. The van der Waals surface area contributed by atoms with Crippen molar-refractivity contribution >= 4 is 11.7 Å². The topological polar surface area (TPSA) is 78.9 Å². The van der Waals surface area contributed by atoms with Crippen LogP contribution in [0.15, 0.2) is 48.5 Å². The molecule has 2 N–H and O–H groups in total. The first kappa shape index (κ1) is 20.2. The molecule has 0 radical (unpaired) electrons. The first-order valence-corrected chi connectivity index (χ1v) is 9.62. The number of ether oxygens (including phenoxy) is 1. The van der Waals surface area contributed by atoms with Gasteiger partial charge < -0.3 is 15.2 Å². The fourth-order valence-corrected chi connectivity index (χ4v) is 3.33. The number of aryl methyl sites for hydroxylation is 1. The molecule has 1 aliphatic heterocycles. The molecule has 1 aliphatic rings. The van der Waals surface area contributed by atoms with Crippen LogP contribution >= 0.6 is 0 Å². The highest BCUT2D eigenvalue weighted by Crippen LogP contribution is 2.30. The number of aliphatic hydroxyl groups excluding tert-OH is 1. The van der Waals surface area contributed by atoms with E-state index in [1.165, 1.54) is 0 Å². The molecule has 5 nitrogen and oxygen atoms in total. The van der Waals surface area contributed by atoms with E-state index in [1.807, 2.05) is 69.3 Å². The second kappa shape index (κ2) is 8.25. The second-order valence-corrected chi connectivity index (χ2v) is 7.86. The van der Waals surface area contributed by atoms with Gasteiger partial charge in [0.05, 0.1) is 19.3 Å². The van der Waals surface area contributed by atoms with Crippen LogP contribution in [0, 0.1) is 12.8 Å². The van der Waals surface area contributed by atoms with Gasteiger partial charge in [-0.25, -0.2) is 0 Å². The molecule has 0 saturated carbocycles. The standard InChI is InChI=1S/C23H27NO4/c1-15(2)11-20(21(26)23(13-25)14-28-23)24-22(27)19-12-18(10-9-16(19)3)17-7-5-4-6-8-17/h4-10,12,15,20,25H,11,13-14H2,1-3H3,(H,24,27)/t20-,23+/m0/s1. The molecule has 0 bridgehead atoms. The number of carbonyl (C=O) groups excluding carboxylic acids is 2. The minimum atomic E-state index is -1.15. The highest BCUT2D eigenvalue weighted by atomic mass is 16.6. The summed E-state index contributed by atoms with van der Waals surface area (Å²) in [4.78, 5) is 25.8. The van der Waals surface area contributed by atoms with E-state index in [-0.39, 0.29) is 30.8 Å². The lowest BCUT2D eigenvalue weighted by Crippen LogP contribution is -2.49. The number of amides is 1. The van der Waals surface area contributed by atoms with Crippen LogP contribution in [0.4, 0.5) is 0 Å². The zero-order valence-electron chi connectivity index (χ0n) is 16.6. The van der Waals surface area contributed by atoms with E-state index >= 15 is 0 Å². The SMILES string of the molecule is Cc1ccc(-c2ccccc2)cc1C(=O)N[C@@H](CC(C)C)C(=O)[C@@]1(CO)CO1. The van der Waals surface area contributed by atoms with E-state index in [9.17, 15) is 14.7 Å². The molecule has 0 aromatic heterocycles. The van der Waals surface area contributed by atoms with Crippen molar-refractivity contribution in [1.29, 1.82) is 0 Å². The number of ketones is 1. The Hall–Kier alpha value is -2.50. The molecule has 0 spiro atoms. The Morgan fingerprint density at radius 3 is 2.39 bits per heavy atom. The van der Waals surface area contributed by atoms with Crippen LogP contribution in [0.1, 0.15) is 36.2 Å². The third-order valence-electron chi connectivity index (χ3n) is 5.12. The highest BCUT2D eigenvalue weighted by Gasteiger charge is 2.54. The van der Waals surface area contributed by atoms with Gasteiger partial charge in [0.15, 0.2) is 11.4 Å². The van der Waals surface area contributed by atoms with E-state index in [0.717, 1.165) is 16.7 Å². The number of nitrogens with one attached hydrogen (secondary N) is 1. The molecular formula is C23H27NO4. The molecule has 2 aromatic rings. The van der Waals surface area contributed by atoms with E-state index in [2.05, 4.69) is 5.32 Å². The molecule has 2 aromatic carbocycles. The van der Waals surface area contributed by atoms with Gasteiger partial charge in [0, 0.05) is 5.56 Å². The van der Waals surface area contributed by atoms with Gasteiger partial charge >= 0.3 is 0 Å². The molecule has 1 amide bonds. The predicted octanol–water partition coefficient (Wildman–Crippen LogP) is 3.14. The molecule has 5 heteroatoms. The Labute approximate surface area is 165 Å². The molecular weight excluding hydrogens is 354 g/mol. The minimum absolute atomic E-state index is 0.204. The van der Waals surface area contributed by atoms with Crippen LogP contribution in [-0.4, -0.2) is 41.7 Å². The summed E-state index contributed by atoms with van der Waals surface area (Å²) in [5.41, 5.74) is 2.20. The van der Waals surface area contributed by atoms with Crippen molar-refractivity contribution in [2.45, 2.75) is 38.8 Å². The Balaban J connectivity index is 1.84. The molecule has 1 heterocycles. The van der Waals surface area contributed by atoms with Crippen LogP contribution in [-0.2, 0) is 9.53 Å². The number of epoxide rings is 1. The first-order chi connectivity index (χ1) is 13.4. The zero-order chi connectivity index (χ0) is 20.3. The first-order valence-electron chi connectivity index (χ1n) is 9.62. The summed E-state index contributed by atoms with van der Waals surface area (Å²) in [5.74, 6) is -0.336. The van der Waals surface area contributed by atoms with Gasteiger partial charge in [-0.3, -0.25) is 9.59 Å². The van der Waals surface area contributed by atoms with Gasteiger partial charge in [-0.2, -0.15) is 0 Å². The van der Waals surface area contributed by atoms with Gasteiger partial charge in [-0.1, -0.05) is 56.3 Å². The highest BCUT2D eigenvalue weighted by molar-refractivity contribution is 6.02. The second-order valence-electron chi connectivity index (χ2n) is 7.86. The summed E-state index contributed by atoms with van der Waals surface area (Å²) in [6.07, 6.45) is 0.493. The Kier molecular flexibility index (Phi) is 5.96. The fourth-order valence-electron chi connectivity index (χ4n) is 3.33. The number of rotatable bonds is 8. The monoisotopic (exact) mass is 381 g/mol. The third kappa shape index (κ3) is 4.32. The van der Waals surface area contributed by atoms with Gasteiger partial charge in [-0.05, 0) is 42.0 Å². The molecule has 0 unspecified atom stereocenters. The summed E-state index contributed by atoms with van der Waals surface area (Å²) in [5, 5.41) is 12.4. The number of Topliss-reactive ketones (excluding diaryl/α,β-unsaturated/α-hetero) is 1. The largest absolute Gasteiger partial charge is 0.393 e. The quantitative estimate of drug-likeness (QED) is 0.689. The molecule has 1 saturated heterocycles. The molecule has 28 heavy (non-hydrogen) atoms. The maximum absolute atomic E-state index is 13.0. The summed E-state index contributed by atoms with van der Waals surface area (Å²) < 4.78 is 5.21. The number of benzene rings is 2. The Bertz CT molecular complexity index is 856. The van der Waals surface area contributed by atoms with Crippen molar-refractivity contribution in [3.63, 3.8) is 0 Å².